The Kier molecular flexibility index (Phi) is 13.2. The SMILES string of the molecule is CC(=O)O[C@@H]1[C@@H](OCc2ccccc2)[C@@H](OCc2ccccc2)O[C@H](COC(c2ccccc2)(c2ccccc2)c2ccccc2)[C@H]1O[Si](C)(C)C(C)(C)C. The molecular weight excluding hydrogens is 705 g/mol. The fraction of sp³-hybridized carbons (Fsp3) is 0.340. The van der Waals surface area contributed by atoms with Gasteiger partial charge in [-0.25, -0.2) is 0 Å². The first-order chi connectivity index (χ1) is 26.5. The zero-order chi connectivity index (χ0) is 38.9. The number of benzene rings is 5. The van der Waals surface area contributed by atoms with Crippen molar-refractivity contribution in [3.05, 3.63) is 179 Å². The summed E-state index contributed by atoms with van der Waals surface area (Å²) in [7, 11) is -2.53. The zero-order valence-electron chi connectivity index (χ0n) is 32.8. The van der Waals surface area contributed by atoms with E-state index in [0.717, 1.165) is 27.8 Å². The lowest BCUT2D eigenvalue weighted by Crippen LogP contribution is -2.65. The summed E-state index contributed by atoms with van der Waals surface area (Å²) in [5, 5.41) is -0.165. The maximum Gasteiger partial charge on any atom is 0.303 e. The minimum Gasteiger partial charge on any atom is -0.457 e. The van der Waals surface area contributed by atoms with Crippen LogP contribution in [0.1, 0.15) is 55.5 Å². The highest BCUT2D eigenvalue weighted by Crippen LogP contribution is 2.44. The molecule has 0 aliphatic carbocycles. The van der Waals surface area contributed by atoms with Gasteiger partial charge < -0.3 is 28.1 Å². The molecule has 6 rings (SSSR count). The van der Waals surface area contributed by atoms with Gasteiger partial charge in [-0.2, -0.15) is 0 Å². The monoisotopic (exact) mass is 758 g/mol. The summed E-state index contributed by atoms with van der Waals surface area (Å²) in [6, 6.07) is 50.5. The van der Waals surface area contributed by atoms with E-state index in [1.54, 1.807) is 0 Å². The largest absolute Gasteiger partial charge is 0.457 e. The average molecular weight is 759 g/mol. The van der Waals surface area contributed by atoms with Crippen LogP contribution < -0.4 is 0 Å². The van der Waals surface area contributed by atoms with E-state index >= 15 is 0 Å². The normalized spacial score (nSPS) is 20.5. The highest BCUT2D eigenvalue weighted by atomic mass is 28.4. The number of rotatable bonds is 15. The molecule has 288 valence electrons. The third kappa shape index (κ3) is 9.70. The van der Waals surface area contributed by atoms with Crippen molar-refractivity contribution in [2.45, 2.75) is 95.3 Å². The number of ether oxygens (including phenoxy) is 5. The summed E-state index contributed by atoms with van der Waals surface area (Å²) in [6.07, 6.45) is -4.10. The van der Waals surface area contributed by atoms with Gasteiger partial charge in [-0.15, -0.1) is 0 Å². The van der Waals surface area contributed by atoms with Crippen LogP contribution in [0.3, 0.4) is 0 Å². The lowest BCUT2D eigenvalue weighted by atomic mass is 9.80. The summed E-state index contributed by atoms with van der Waals surface area (Å²) >= 11 is 0. The van der Waals surface area contributed by atoms with Crippen LogP contribution in [0.25, 0.3) is 0 Å². The van der Waals surface area contributed by atoms with Gasteiger partial charge in [0, 0.05) is 6.92 Å². The highest BCUT2D eigenvalue weighted by Gasteiger charge is 2.54. The fourth-order valence-corrected chi connectivity index (χ4v) is 8.12. The summed E-state index contributed by atoms with van der Waals surface area (Å²) in [5.41, 5.74) is 3.80. The van der Waals surface area contributed by atoms with E-state index < -0.39 is 50.6 Å². The van der Waals surface area contributed by atoms with E-state index in [2.05, 4.69) is 70.3 Å². The number of hydrogen-bond acceptors (Lipinski definition) is 7. The third-order valence-corrected chi connectivity index (χ3v) is 15.2. The molecule has 5 aromatic carbocycles. The molecule has 8 heteroatoms. The van der Waals surface area contributed by atoms with Gasteiger partial charge in [-0.3, -0.25) is 4.79 Å². The molecule has 0 amide bonds. The Labute approximate surface area is 327 Å². The Morgan fingerprint density at radius 3 is 1.44 bits per heavy atom. The topological polar surface area (TPSA) is 72.5 Å². The minimum atomic E-state index is -2.53. The van der Waals surface area contributed by atoms with Crippen molar-refractivity contribution in [1.29, 1.82) is 0 Å². The second-order valence-electron chi connectivity index (χ2n) is 15.6. The van der Waals surface area contributed by atoms with E-state index in [-0.39, 0.29) is 24.9 Å². The van der Waals surface area contributed by atoms with Crippen LogP contribution in [-0.4, -0.2) is 51.6 Å². The maximum absolute atomic E-state index is 13.1. The van der Waals surface area contributed by atoms with Crippen LogP contribution in [-0.2, 0) is 51.7 Å². The summed E-state index contributed by atoms with van der Waals surface area (Å²) in [6.45, 7) is 13.0. The fourth-order valence-electron chi connectivity index (χ4n) is 6.80. The molecule has 0 aromatic heterocycles. The summed E-state index contributed by atoms with van der Waals surface area (Å²) in [5.74, 6) is -0.447. The standard InChI is InChI=1S/C47H54O7Si/c1-35(48)52-43-42(54-55(5,6)46(2,3)4)41(53-45(50-33-37-24-14-8-15-25-37)44(43)49-32-36-22-12-7-13-23-36)34-51-47(38-26-16-9-17-27-38,39-28-18-10-19-29-39)40-30-20-11-21-31-40/h7-31,41-45H,32-34H2,1-6H3/t41-,42-,43+,44-,45+/m1/s1. The molecule has 0 N–H and O–H groups in total. The first-order valence-corrected chi connectivity index (χ1v) is 22.0. The van der Waals surface area contributed by atoms with E-state index in [4.69, 9.17) is 28.1 Å². The molecule has 1 fully saturated rings. The van der Waals surface area contributed by atoms with Crippen molar-refractivity contribution < 1.29 is 32.9 Å². The van der Waals surface area contributed by atoms with E-state index in [1.165, 1.54) is 6.92 Å². The summed E-state index contributed by atoms with van der Waals surface area (Å²) in [4.78, 5) is 13.1. The molecule has 0 spiro atoms. The zero-order valence-corrected chi connectivity index (χ0v) is 33.8. The Bertz CT molecular complexity index is 1800. The van der Waals surface area contributed by atoms with E-state index in [9.17, 15) is 4.79 Å². The van der Waals surface area contributed by atoms with Crippen molar-refractivity contribution in [2.75, 3.05) is 6.61 Å². The molecule has 1 aliphatic rings. The van der Waals surface area contributed by atoms with Gasteiger partial charge >= 0.3 is 5.97 Å². The lowest BCUT2D eigenvalue weighted by molar-refractivity contribution is -0.317. The molecule has 5 aromatic rings. The molecule has 1 heterocycles. The van der Waals surface area contributed by atoms with Crippen molar-refractivity contribution in [3.63, 3.8) is 0 Å². The number of hydrogen-bond donors (Lipinski definition) is 0. The molecule has 55 heavy (non-hydrogen) atoms. The molecule has 1 aliphatic heterocycles. The van der Waals surface area contributed by atoms with Crippen LogP contribution in [0.2, 0.25) is 18.1 Å². The maximum atomic E-state index is 13.1. The molecule has 5 atom stereocenters. The molecule has 0 radical (unpaired) electrons. The quantitative estimate of drug-likeness (QED) is 0.0598. The van der Waals surface area contributed by atoms with Gasteiger partial charge in [0.05, 0.1) is 19.8 Å². The predicted molar refractivity (Wildman–Crippen MR) is 218 cm³/mol. The lowest BCUT2D eigenvalue weighted by Gasteiger charge is -2.50. The van der Waals surface area contributed by atoms with Crippen molar-refractivity contribution in [1.82, 2.24) is 0 Å². The van der Waals surface area contributed by atoms with Crippen LogP contribution in [0.4, 0.5) is 0 Å². The molecule has 7 nitrogen and oxygen atoms in total. The second-order valence-corrected chi connectivity index (χ2v) is 20.4. The van der Waals surface area contributed by atoms with Crippen LogP contribution >= 0.6 is 0 Å². The average Bonchev–Trinajstić information content (AvgIpc) is 3.19. The van der Waals surface area contributed by atoms with Crippen LogP contribution in [0, 0.1) is 0 Å². The van der Waals surface area contributed by atoms with E-state index in [1.807, 2.05) is 115 Å². The Morgan fingerprint density at radius 2 is 1.02 bits per heavy atom. The smallest absolute Gasteiger partial charge is 0.303 e. The van der Waals surface area contributed by atoms with Crippen molar-refractivity contribution in [3.8, 4) is 0 Å². The number of esters is 1. The Morgan fingerprint density at radius 1 is 0.600 bits per heavy atom. The summed E-state index contributed by atoms with van der Waals surface area (Å²) < 4.78 is 41.2. The van der Waals surface area contributed by atoms with Gasteiger partial charge in [-0.1, -0.05) is 172 Å². The molecule has 0 bridgehead atoms. The van der Waals surface area contributed by atoms with Gasteiger partial charge in [0.25, 0.3) is 0 Å². The van der Waals surface area contributed by atoms with Gasteiger partial charge in [0.15, 0.2) is 20.7 Å². The number of carbonyl (C=O) groups is 1. The highest BCUT2D eigenvalue weighted by molar-refractivity contribution is 6.74. The Balaban J connectivity index is 1.45. The molecular formula is C47H54O7Si. The van der Waals surface area contributed by atoms with Crippen LogP contribution in [0.5, 0.6) is 0 Å². The number of carbonyl (C=O) groups excluding carboxylic acids is 1. The van der Waals surface area contributed by atoms with E-state index in [0.29, 0.717) is 0 Å². The van der Waals surface area contributed by atoms with Gasteiger partial charge in [0.1, 0.15) is 23.9 Å². The van der Waals surface area contributed by atoms with Crippen molar-refractivity contribution in [2.24, 2.45) is 0 Å². The minimum absolute atomic E-state index is 0.0757. The third-order valence-electron chi connectivity index (χ3n) is 10.7. The van der Waals surface area contributed by atoms with Gasteiger partial charge in [0.2, 0.25) is 0 Å². The Hall–Kier alpha value is -4.41. The molecule has 1 saturated heterocycles. The first kappa shape index (κ1) is 40.3. The van der Waals surface area contributed by atoms with Crippen molar-refractivity contribution >= 4 is 14.3 Å². The first-order valence-electron chi connectivity index (χ1n) is 19.1. The molecule has 0 saturated carbocycles. The van der Waals surface area contributed by atoms with Gasteiger partial charge in [-0.05, 0) is 45.9 Å². The molecule has 0 unspecified atom stereocenters. The second kappa shape index (κ2) is 18.0. The van der Waals surface area contributed by atoms with Crippen LogP contribution in [0.15, 0.2) is 152 Å². The predicted octanol–water partition coefficient (Wildman–Crippen LogP) is 9.84.